The average molecular weight is 318 g/mol. The summed E-state index contributed by atoms with van der Waals surface area (Å²) in [6.45, 7) is 2.02. The van der Waals surface area contributed by atoms with E-state index < -0.39 is 0 Å². The van der Waals surface area contributed by atoms with Crippen molar-refractivity contribution in [1.29, 1.82) is 0 Å². The summed E-state index contributed by atoms with van der Waals surface area (Å²) in [5, 5.41) is 4.84. The van der Waals surface area contributed by atoms with Gasteiger partial charge in [-0.25, -0.2) is 9.50 Å². The SMILES string of the molecule is Cc1nc2ccc(Cl)nn2c1CSCCc1ccccc1. The predicted molar refractivity (Wildman–Crippen MR) is 89.0 cm³/mol. The van der Waals surface area contributed by atoms with Crippen molar-refractivity contribution in [2.24, 2.45) is 0 Å². The molecule has 0 unspecified atom stereocenters. The van der Waals surface area contributed by atoms with Gasteiger partial charge in [0.05, 0.1) is 11.4 Å². The van der Waals surface area contributed by atoms with Gasteiger partial charge < -0.3 is 0 Å². The van der Waals surface area contributed by atoms with Crippen LogP contribution in [0.4, 0.5) is 0 Å². The van der Waals surface area contributed by atoms with Crippen molar-refractivity contribution < 1.29 is 0 Å². The maximum Gasteiger partial charge on any atom is 0.154 e. The molecule has 3 rings (SSSR count). The number of thioether (sulfide) groups is 1. The van der Waals surface area contributed by atoms with Crippen LogP contribution in [0.15, 0.2) is 42.5 Å². The Hall–Kier alpha value is -1.52. The summed E-state index contributed by atoms with van der Waals surface area (Å²) in [6.07, 6.45) is 1.08. The van der Waals surface area contributed by atoms with Crippen molar-refractivity contribution in [3.05, 3.63) is 64.6 Å². The zero-order valence-corrected chi connectivity index (χ0v) is 13.4. The van der Waals surface area contributed by atoms with Crippen LogP contribution in [0.2, 0.25) is 5.15 Å². The molecule has 21 heavy (non-hydrogen) atoms. The molecule has 3 aromatic rings. The molecule has 0 amide bonds. The molecule has 0 atom stereocenters. The molecule has 2 heterocycles. The summed E-state index contributed by atoms with van der Waals surface area (Å²) in [4.78, 5) is 4.52. The van der Waals surface area contributed by atoms with E-state index in [1.165, 1.54) is 5.56 Å². The summed E-state index contributed by atoms with van der Waals surface area (Å²) in [6, 6.07) is 14.2. The topological polar surface area (TPSA) is 30.2 Å². The Labute approximate surface area is 133 Å². The van der Waals surface area contributed by atoms with E-state index in [0.717, 1.165) is 35.0 Å². The Morgan fingerprint density at radius 3 is 2.76 bits per heavy atom. The van der Waals surface area contributed by atoms with Gasteiger partial charge in [0.1, 0.15) is 5.15 Å². The highest BCUT2D eigenvalue weighted by molar-refractivity contribution is 7.98. The van der Waals surface area contributed by atoms with E-state index in [-0.39, 0.29) is 0 Å². The third kappa shape index (κ3) is 3.39. The van der Waals surface area contributed by atoms with Crippen LogP contribution in [0, 0.1) is 6.92 Å². The molecule has 0 saturated heterocycles. The van der Waals surface area contributed by atoms with Crippen LogP contribution < -0.4 is 0 Å². The van der Waals surface area contributed by atoms with E-state index in [2.05, 4.69) is 34.3 Å². The number of aromatic nitrogens is 3. The van der Waals surface area contributed by atoms with Gasteiger partial charge in [0.25, 0.3) is 0 Å². The molecule has 0 fully saturated rings. The van der Waals surface area contributed by atoms with Crippen molar-refractivity contribution in [2.75, 3.05) is 5.75 Å². The Kier molecular flexibility index (Phi) is 4.46. The van der Waals surface area contributed by atoms with Crippen LogP contribution in [0.3, 0.4) is 0 Å². The normalized spacial score (nSPS) is 11.1. The molecule has 0 aliphatic rings. The Bertz CT molecular complexity index is 740. The summed E-state index contributed by atoms with van der Waals surface area (Å²) < 4.78 is 1.85. The first-order valence-corrected chi connectivity index (χ1v) is 8.40. The van der Waals surface area contributed by atoms with Crippen molar-refractivity contribution in [3.63, 3.8) is 0 Å². The van der Waals surface area contributed by atoms with Crippen LogP contribution >= 0.6 is 23.4 Å². The zero-order chi connectivity index (χ0) is 14.7. The van der Waals surface area contributed by atoms with E-state index in [1.54, 1.807) is 6.07 Å². The lowest BCUT2D eigenvalue weighted by Crippen LogP contribution is -1.98. The lowest BCUT2D eigenvalue weighted by molar-refractivity contribution is 0.889. The summed E-state index contributed by atoms with van der Waals surface area (Å²) in [5.74, 6) is 1.98. The van der Waals surface area contributed by atoms with E-state index in [1.807, 2.05) is 35.3 Å². The predicted octanol–water partition coefficient (Wildman–Crippen LogP) is 4.17. The molecule has 1 aromatic carbocycles. The monoisotopic (exact) mass is 317 g/mol. The lowest BCUT2D eigenvalue weighted by atomic mass is 10.2. The second-order valence-electron chi connectivity index (χ2n) is 4.86. The van der Waals surface area contributed by atoms with Gasteiger partial charge in [-0.05, 0) is 36.8 Å². The smallest absolute Gasteiger partial charge is 0.154 e. The van der Waals surface area contributed by atoms with Gasteiger partial charge in [-0.2, -0.15) is 16.9 Å². The Morgan fingerprint density at radius 1 is 1.14 bits per heavy atom. The molecular formula is C16H16ClN3S. The molecule has 3 nitrogen and oxygen atoms in total. The van der Waals surface area contributed by atoms with E-state index in [0.29, 0.717) is 5.15 Å². The number of imidazole rings is 1. The van der Waals surface area contributed by atoms with Crippen LogP contribution in [-0.2, 0) is 12.2 Å². The van der Waals surface area contributed by atoms with E-state index in [4.69, 9.17) is 11.6 Å². The fourth-order valence-corrected chi connectivity index (χ4v) is 3.42. The van der Waals surface area contributed by atoms with Gasteiger partial charge in [0, 0.05) is 5.75 Å². The first kappa shape index (κ1) is 14.4. The van der Waals surface area contributed by atoms with Gasteiger partial charge in [0.2, 0.25) is 0 Å². The second kappa shape index (κ2) is 6.50. The molecule has 108 valence electrons. The number of nitrogens with zero attached hydrogens (tertiary/aromatic N) is 3. The van der Waals surface area contributed by atoms with Crippen molar-refractivity contribution in [2.45, 2.75) is 19.1 Å². The first-order chi connectivity index (χ1) is 10.2. The van der Waals surface area contributed by atoms with Crippen molar-refractivity contribution in [3.8, 4) is 0 Å². The minimum atomic E-state index is 0.496. The first-order valence-electron chi connectivity index (χ1n) is 6.86. The number of halogens is 1. The van der Waals surface area contributed by atoms with E-state index >= 15 is 0 Å². The van der Waals surface area contributed by atoms with Gasteiger partial charge in [-0.3, -0.25) is 0 Å². The highest BCUT2D eigenvalue weighted by Gasteiger charge is 2.10. The quantitative estimate of drug-likeness (QED) is 0.662. The summed E-state index contributed by atoms with van der Waals surface area (Å²) in [5.41, 5.74) is 4.39. The number of aryl methyl sites for hydroxylation is 2. The summed E-state index contributed by atoms with van der Waals surface area (Å²) >= 11 is 7.87. The molecule has 5 heteroatoms. The largest absolute Gasteiger partial charge is 0.232 e. The number of rotatable bonds is 5. The molecule has 0 aliphatic heterocycles. The molecule has 0 saturated carbocycles. The molecule has 2 aromatic heterocycles. The molecule has 0 bridgehead atoms. The number of hydrogen-bond donors (Lipinski definition) is 0. The lowest BCUT2D eigenvalue weighted by Gasteiger charge is -2.03. The van der Waals surface area contributed by atoms with Crippen LogP contribution in [0.1, 0.15) is 17.0 Å². The van der Waals surface area contributed by atoms with Gasteiger partial charge in [-0.15, -0.1) is 0 Å². The number of fused-ring (bicyclic) bond motifs is 1. The third-order valence-corrected chi connectivity index (χ3v) is 4.53. The molecule has 0 spiro atoms. The standard InChI is InChI=1S/C16H16ClN3S/c1-12-14(20-16(18-12)8-7-15(17)19-20)11-21-10-9-13-5-3-2-4-6-13/h2-8H,9-11H2,1H3. The minimum absolute atomic E-state index is 0.496. The number of hydrogen-bond acceptors (Lipinski definition) is 3. The Morgan fingerprint density at radius 2 is 1.95 bits per heavy atom. The maximum absolute atomic E-state index is 5.97. The van der Waals surface area contributed by atoms with Crippen LogP contribution in [-0.4, -0.2) is 20.4 Å². The number of benzene rings is 1. The molecule has 0 radical (unpaired) electrons. The van der Waals surface area contributed by atoms with Crippen molar-refractivity contribution >= 4 is 29.0 Å². The molecular weight excluding hydrogens is 302 g/mol. The van der Waals surface area contributed by atoms with E-state index in [9.17, 15) is 0 Å². The third-order valence-electron chi connectivity index (χ3n) is 3.35. The fourth-order valence-electron chi connectivity index (χ4n) is 2.24. The molecule has 0 aliphatic carbocycles. The van der Waals surface area contributed by atoms with Crippen molar-refractivity contribution in [1.82, 2.24) is 14.6 Å². The average Bonchev–Trinajstić information content (AvgIpc) is 2.80. The van der Waals surface area contributed by atoms with Crippen LogP contribution in [0.5, 0.6) is 0 Å². The Balaban J connectivity index is 1.65. The highest BCUT2D eigenvalue weighted by Crippen LogP contribution is 2.19. The molecule has 0 N–H and O–H groups in total. The highest BCUT2D eigenvalue weighted by atomic mass is 35.5. The van der Waals surface area contributed by atoms with Gasteiger partial charge >= 0.3 is 0 Å². The van der Waals surface area contributed by atoms with Crippen LogP contribution in [0.25, 0.3) is 5.65 Å². The maximum atomic E-state index is 5.97. The second-order valence-corrected chi connectivity index (χ2v) is 6.35. The van der Waals surface area contributed by atoms with Gasteiger partial charge in [-0.1, -0.05) is 41.9 Å². The van der Waals surface area contributed by atoms with Gasteiger partial charge in [0.15, 0.2) is 5.65 Å². The summed E-state index contributed by atoms with van der Waals surface area (Å²) in [7, 11) is 0. The zero-order valence-electron chi connectivity index (χ0n) is 11.8. The fraction of sp³-hybridized carbons (Fsp3) is 0.250. The minimum Gasteiger partial charge on any atom is -0.232 e.